The van der Waals surface area contributed by atoms with Crippen molar-refractivity contribution in [1.29, 1.82) is 0 Å². The zero-order valence-electron chi connectivity index (χ0n) is 11.7. The first-order valence-electron chi connectivity index (χ1n) is 7.28. The summed E-state index contributed by atoms with van der Waals surface area (Å²) in [6.45, 7) is 1.79. The summed E-state index contributed by atoms with van der Waals surface area (Å²) < 4.78 is 1.84. The Labute approximate surface area is 126 Å². The number of hydrogen-bond acceptors (Lipinski definition) is 5. The van der Waals surface area contributed by atoms with Crippen LogP contribution in [0.3, 0.4) is 0 Å². The van der Waals surface area contributed by atoms with Crippen molar-refractivity contribution in [3.05, 3.63) is 28.5 Å². The van der Waals surface area contributed by atoms with Crippen molar-refractivity contribution in [2.45, 2.75) is 31.7 Å². The van der Waals surface area contributed by atoms with Crippen LogP contribution in [0.2, 0.25) is 0 Å². The number of hydrogen-bond donors (Lipinski definition) is 1. The first kappa shape index (κ1) is 12.8. The summed E-state index contributed by atoms with van der Waals surface area (Å²) in [7, 11) is 0. The Morgan fingerprint density at radius 2 is 2.14 bits per heavy atom. The summed E-state index contributed by atoms with van der Waals surface area (Å²) in [5, 5.41) is 5.36. The minimum Gasteiger partial charge on any atom is -0.366 e. The van der Waals surface area contributed by atoms with E-state index < -0.39 is 5.91 Å². The lowest BCUT2D eigenvalue weighted by Crippen LogP contribution is -2.48. The van der Waals surface area contributed by atoms with Crippen molar-refractivity contribution in [1.82, 2.24) is 14.8 Å². The summed E-state index contributed by atoms with van der Waals surface area (Å²) in [6, 6.07) is 0.305. The molecule has 2 aromatic rings. The number of rotatable bonds is 3. The van der Waals surface area contributed by atoms with Gasteiger partial charge in [0.05, 0.1) is 23.5 Å². The molecule has 7 heteroatoms. The lowest BCUT2D eigenvalue weighted by molar-refractivity contribution is 0.1000. The maximum absolute atomic E-state index is 11.1. The zero-order valence-corrected chi connectivity index (χ0v) is 12.5. The Morgan fingerprint density at radius 3 is 2.86 bits per heavy atom. The molecule has 1 amide bonds. The second kappa shape index (κ2) is 4.84. The van der Waals surface area contributed by atoms with Gasteiger partial charge in [-0.25, -0.2) is 4.98 Å². The molecule has 1 saturated heterocycles. The van der Waals surface area contributed by atoms with Crippen LogP contribution in [0.4, 0.5) is 5.13 Å². The van der Waals surface area contributed by atoms with Gasteiger partial charge >= 0.3 is 0 Å². The molecule has 2 aliphatic rings. The largest absolute Gasteiger partial charge is 0.366 e. The predicted molar refractivity (Wildman–Crippen MR) is 80.8 cm³/mol. The van der Waals surface area contributed by atoms with E-state index in [4.69, 9.17) is 10.7 Å². The number of aromatic nitrogens is 3. The van der Waals surface area contributed by atoms with Gasteiger partial charge in [0.2, 0.25) is 0 Å². The molecule has 21 heavy (non-hydrogen) atoms. The fraction of sp³-hybridized carbons (Fsp3) is 0.500. The zero-order chi connectivity index (χ0) is 14.4. The highest BCUT2D eigenvalue weighted by molar-refractivity contribution is 7.15. The smallest absolute Gasteiger partial charge is 0.251 e. The van der Waals surface area contributed by atoms with Crippen molar-refractivity contribution in [3.63, 3.8) is 0 Å². The number of thiazole rings is 1. The molecule has 0 saturated carbocycles. The van der Waals surface area contributed by atoms with E-state index in [1.54, 1.807) is 6.20 Å². The van der Waals surface area contributed by atoms with Gasteiger partial charge in [0.15, 0.2) is 5.13 Å². The first-order valence-corrected chi connectivity index (χ1v) is 8.10. The van der Waals surface area contributed by atoms with Crippen molar-refractivity contribution >= 4 is 22.4 Å². The number of nitrogens with zero attached hydrogens (tertiary/aromatic N) is 4. The highest BCUT2D eigenvalue weighted by Crippen LogP contribution is 2.35. The van der Waals surface area contributed by atoms with Crippen LogP contribution in [0.1, 0.15) is 39.8 Å². The minimum atomic E-state index is -0.426. The van der Waals surface area contributed by atoms with Gasteiger partial charge in [-0.3, -0.25) is 9.48 Å². The van der Waals surface area contributed by atoms with Gasteiger partial charge in [0.25, 0.3) is 5.91 Å². The number of carbonyl (C=O) groups is 1. The molecule has 0 atom stereocenters. The van der Waals surface area contributed by atoms with Gasteiger partial charge in [-0.1, -0.05) is 0 Å². The SMILES string of the molecule is NC(=O)c1cnn(C2CN(c3nc4c(s3)CCCC4)C2)c1. The van der Waals surface area contributed by atoms with Crippen LogP contribution in [0, 0.1) is 0 Å². The topological polar surface area (TPSA) is 77.0 Å². The number of fused-ring (bicyclic) bond motifs is 1. The summed E-state index contributed by atoms with van der Waals surface area (Å²) in [5.74, 6) is -0.426. The number of nitrogens with two attached hydrogens (primary N) is 1. The van der Waals surface area contributed by atoms with Crippen LogP contribution in [0.25, 0.3) is 0 Å². The van der Waals surface area contributed by atoms with E-state index in [-0.39, 0.29) is 0 Å². The Kier molecular flexibility index (Phi) is 2.95. The molecule has 2 N–H and O–H groups in total. The average Bonchev–Trinajstić information content (AvgIpc) is 3.03. The van der Waals surface area contributed by atoms with E-state index in [1.807, 2.05) is 16.0 Å². The third-order valence-electron chi connectivity index (χ3n) is 4.23. The van der Waals surface area contributed by atoms with E-state index in [1.165, 1.54) is 36.0 Å². The molecule has 0 radical (unpaired) electrons. The summed E-state index contributed by atoms with van der Waals surface area (Å²) in [4.78, 5) is 19.6. The molecular formula is C14H17N5OS. The summed E-state index contributed by atoms with van der Waals surface area (Å²) in [6.07, 6.45) is 8.14. The minimum absolute atomic E-state index is 0.305. The third kappa shape index (κ3) is 2.21. The molecule has 0 aromatic carbocycles. The van der Waals surface area contributed by atoms with Gasteiger partial charge < -0.3 is 10.6 Å². The van der Waals surface area contributed by atoms with Crippen LogP contribution >= 0.6 is 11.3 Å². The van der Waals surface area contributed by atoms with Crippen molar-refractivity contribution in [2.24, 2.45) is 5.73 Å². The summed E-state index contributed by atoms with van der Waals surface area (Å²) in [5.41, 5.74) is 7.03. The van der Waals surface area contributed by atoms with Crippen LogP contribution < -0.4 is 10.6 Å². The molecule has 3 heterocycles. The van der Waals surface area contributed by atoms with E-state index in [9.17, 15) is 4.79 Å². The summed E-state index contributed by atoms with van der Waals surface area (Å²) >= 11 is 1.84. The second-order valence-corrected chi connectivity index (χ2v) is 6.77. The normalized spacial score (nSPS) is 18.4. The molecule has 0 unspecified atom stereocenters. The lowest BCUT2D eigenvalue weighted by Gasteiger charge is -2.39. The highest BCUT2D eigenvalue weighted by atomic mass is 32.1. The van der Waals surface area contributed by atoms with Crippen LogP contribution in [0.5, 0.6) is 0 Å². The van der Waals surface area contributed by atoms with E-state index in [0.29, 0.717) is 11.6 Å². The van der Waals surface area contributed by atoms with Crippen molar-refractivity contribution in [2.75, 3.05) is 18.0 Å². The fourth-order valence-corrected chi connectivity index (χ4v) is 4.08. The Balaban J connectivity index is 1.44. The molecule has 6 nitrogen and oxygen atoms in total. The second-order valence-electron chi connectivity index (χ2n) is 5.71. The number of carbonyl (C=O) groups excluding carboxylic acids is 1. The maximum atomic E-state index is 11.1. The number of primary amides is 1. The molecule has 1 fully saturated rings. The molecule has 1 aliphatic heterocycles. The Hall–Kier alpha value is -1.89. The van der Waals surface area contributed by atoms with Crippen molar-refractivity contribution < 1.29 is 4.79 Å². The van der Waals surface area contributed by atoms with E-state index in [0.717, 1.165) is 24.6 Å². The lowest BCUT2D eigenvalue weighted by atomic mass is 10.0. The Bertz CT molecular complexity index is 662. The Morgan fingerprint density at radius 1 is 1.33 bits per heavy atom. The van der Waals surface area contributed by atoms with Gasteiger partial charge in [-0.05, 0) is 25.7 Å². The van der Waals surface area contributed by atoms with Gasteiger partial charge in [-0.2, -0.15) is 5.10 Å². The standard InChI is InChI=1S/C14H17N5OS/c15-13(20)9-5-16-19(6-9)10-7-18(8-10)14-17-11-3-1-2-4-12(11)21-14/h5-6,10H,1-4,7-8H2,(H2,15,20). The predicted octanol–water partition coefficient (Wildman–Crippen LogP) is 1.38. The van der Waals surface area contributed by atoms with Gasteiger partial charge in [0, 0.05) is 24.2 Å². The number of aryl methyl sites for hydroxylation is 2. The van der Waals surface area contributed by atoms with Crippen LogP contribution in [0.15, 0.2) is 12.4 Å². The van der Waals surface area contributed by atoms with Gasteiger partial charge in [0.1, 0.15) is 0 Å². The maximum Gasteiger partial charge on any atom is 0.251 e. The molecule has 4 rings (SSSR count). The highest BCUT2D eigenvalue weighted by Gasteiger charge is 2.32. The van der Waals surface area contributed by atoms with Crippen LogP contribution in [-0.4, -0.2) is 33.8 Å². The molecule has 0 bridgehead atoms. The molecule has 0 spiro atoms. The molecular weight excluding hydrogens is 286 g/mol. The van der Waals surface area contributed by atoms with Gasteiger partial charge in [-0.15, -0.1) is 11.3 Å². The molecule has 2 aromatic heterocycles. The van der Waals surface area contributed by atoms with Crippen LogP contribution in [-0.2, 0) is 12.8 Å². The molecule has 1 aliphatic carbocycles. The monoisotopic (exact) mass is 303 g/mol. The average molecular weight is 303 g/mol. The first-order chi connectivity index (χ1) is 10.2. The van der Waals surface area contributed by atoms with Crippen molar-refractivity contribution in [3.8, 4) is 0 Å². The number of anilines is 1. The quantitative estimate of drug-likeness (QED) is 0.929. The molecule has 110 valence electrons. The van der Waals surface area contributed by atoms with E-state index >= 15 is 0 Å². The third-order valence-corrected chi connectivity index (χ3v) is 5.45. The van der Waals surface area contributed by atoms with E-state index in [2.05, 4.69) is 10.00 Å². The fourth-order valence-electron chi connectivity index (χ4n) is 2.92. The number of amides is 1.